The van der Waals surface area contributed by atoms with E-state index in [2.05, 4.69) is 10.6 Å². The van der Waals surface area contributed by atoms with E-state index in [0.29, 0.717) is 6.54 Å². The minimum atomic E-state index is 0.0149. The van der Waals surface area contributed by atoms with Crippen molar-refractivity contribution in [3.05, 3.63) is 29.8 Å². The third-order valence-electron chi connectivity index (χ3n) is 3.41. The fourth-order valence-corrected chi connectivity index (χ4v) is 1.98. The van der Waals surface area contributed by atoms with Crippen LogP contribution in [0.4, 0.5) is 0 Å². The first kappa shape index (κ1) is 13.9. The second kappa shape index (κ2) is 6.57. The summed E-state index contributed by atoms with van der Waals surface area (Å²) in [5, 5.41) is 6.18. The van der Waals surface area contributed by atoms with Gasteiger partial charge in [-0.15, -0.1) is 0 Å². The molecule has 19 heavy (non-hydrogen) atoms. The number of carbonyl (C=O) groups excluding carboxylic acids is 1. The van der Waals surface area contributed by atoms with Gasteiger partial charge in [0.2, 0.25) is 5.91 Å². The predicted octanol–water partition coefficient (Wildman–Crippen LogP) is 1.87. The second-order valence-corrected chi connectivity index (χ2v) is 5.14. The molecule has 4 nitrogen and oxygen atoms in total. The molecule has 1 amide bonds. The molecule has 0 saturated heterocycles. The number of benzene rings is 1. The first-order chi connectivity index (χ1) is 9.19. The summed E-state index contributed by atoms with van der Waals surface area (Å²) in [5.41, 5.74) is 1.08. The third kappa shape index (κ3) is 4.56. The molecule has 2 N–H and O–H groups in total. The number of hydrogen-bond acceptors (Lipinski definition) is 3. The van der Waals surface area contributed by atoms with E-state index in [0.717, 1.165) is 23.8 Å². The summed E-state index contributed by atoms with van der Waals surface area (Å²) >= 11 is 0. The van der Waals surface area contributed by atoms with Crippen molar-refractivity contribution in [2.24, 2.45) is 5.92 Å². The van der Waals surface area contributed by atoms with Crippen molar-refractivity contribution < 1.29 is 9.53 Å². The number of carbonyl (C=O) groups is 1. The highest BCUT2D eigenvalue weighted by atomic mass is 16.5. The Labute approximate surface area is 114 Å². The third-order valence-corrected chi connectivity index (χ3v) is 3.41. The number of amides is 1. The Balaban J connectivity index is 1.74. The lowest BCUT2D eigenvalue weighted by molar-refractivity contribution is -0.120. The zero-order valence-corrected chi connectivity index (χ0v) is 11.6. The smallest absolute Gasteiger partial charge is 0.234 e. The standard InChI is InChI=1S/C15H22N2O2/c1-11(13-5-7-14(19-2)8-6-13)17-15(18)10-16-9-12-3-4-12/h5-8,11-12,16H,3-4,9-10H2,1-2H3,(H,17,18)/t11-/m1/s1. The van der Waals surface area contributed by atoms with Crippen LogP contribution >= 0.6 is 0 Å². The van der Waals surface area contributed by atoms with Gasteiger partial charge in [-0.25, -0.2) is 0 Å². The predicted molar refractivity (Wildman–Crippen MR) is 75.1 cm³/mol. The Morgan fingerprint density at radius 3 is 2.63 bits per heavy atom. The van der Waals surface area contributed by atoms with Crippen molar-refractivity contribution in [1.82, 2.24) is 10.6 Å². The van der Waals surface area contributed by atoms with Gasteiger partial charge in [-0.05, 0) is 49.9 Å². The van der Waals surface area contributed by atoms with Crippen LogP contribution in [0.2, 0.25) is 0 Å². The molecule has 0 unspecified atom stereocenters. The van der Waals surface area contributed by atoms with E-state index < -0.39 is 0 Å². The fourth-order valence-electron chi connectivity index (χ4n) is 1.98. The average molecular weight is 262 g/mol. The minimum absolute atomic E-state index is 0.0149. The molecule has 1 aliphatic rings. The maximum Gasteiger partial charge on any atom is 0.234 e. The molecule has 1 aromatic rings. The summed E-state index contributed by atoms with van der Waals surface area (Å²) in [4.78, 5) is 11.8. The van der Waals surface area contributed by atoms with Crippen molar-refractivity contribution in [2.45, 2.75) is 25.8 Å². The van der Waals surface area contributed by atoms with Gasteiger partial charge in [0, 0.05) is 0 Å². The van der Waals surface area contributed by atoms with Crippen LogP contribution in [0.5, 0.6) is 5.75 Å². The Morgan fingerprint density at radius 1 is 1.37 bits per heavy atom. The lowest BCUT2D eigenvalue weighted by Gasteiger charge is -2.15. The molecule has 0 radical (unpaired) electrons. The molecule has 0 aromatic heterocycles. The number of methoxy groups -OCH3 is 1. The van der Waals surface area contributed by atoms with Crippen molar-refractivity contribution in [2.75, 3.05) is 20.2 Å². The maximum atomic E-state index is 11.8. The van der Waals surface area contributed by atoms with Crippen LogP contribution in [0.3, 0.4) is 0 Å². The molecule has 1 fully saturated rings. The molecule has 0 bridgehead atoms. The molecule has 1 aromatic carbocycles. The van der Waals surface area contributed by atoms with Crippen LogP contribution < -0.4 is 15.4 Å². The number of ether oxygens (including phenoxy) is 1. The molecule has 0 aliphatic heterocycles. The summed E-state index contributed by atoms with van der Waals surface area (Å²) in [7, 11) is 1.64. The Bertz CT molecular complexity index is 413. The second-order valence-electron chi connectivity index (χ2n) is 5.14. The highest BCUT2D eigenvalue weighted by Gasteiger charge is 2.20. The zero-order valence-electron chi connectivity index (χ0n) is 11.6. The normalized spacial score (nSPS) is 15.9. The first-order valence-corrected chi connectivity index (χ1v) is 6.83. The van der Waals surface area contributed by atoms with E-state index in [1.807, 2.05) is 31.2 Å². The fraction of sp³-hybridized carbons (Fsp3) is 0.533. The quantitative estimate of drug-likeness (QED) is 0.788. The van der Waals surface area contributed by atoms with Gasteiger partial charge in [-0.3, -0.25) is 4.79 Å². The molecular formula is C15H22N2O2. The SMILES string of the molecule is COc1ccc([C@@H](C)NC(=O)CNCC2CC2)cc1. The largest absolute Gasteiger partial charge is 0.497 e. The summed E-state index contributed by atoms with van der Waals surface area (Å²) < 4.78 is 5.11. The highest BCUT2D eigenvalue weighted by molar-refractivity contribution is 5.78. The number of nitrogens with one attached hydrogen (secondary N) is 2. The molecule has 0 spiro atoms. The molecular weight excluding hydrogens is 240 g/mol. The molecule has 1 atom stereocenters. The van der Waals surface area contributed by atoms with Gasteiger partial charge in [0.1, 0.15) is 5.75 Å². The van der Waals surface area contributed by atoms with Crippen LogP contribution in [0.1, 0.15) is 31.4 Å². The van der Waals surface area contributed by atoms with Gasteiger partial charge >= 0.3 is 0 Å². The summed E-state index contributed by atoms with van der Waals surface area (Å²) in [6.45, 7) is 3.35. The summed E-state index contributed by atoms with van der Waals surface area (Å²) in [6.07, 6.45) is 2.60. The first-order valence-electron chi connectivity index (χ1n) is 6.83. The van der Waals surface area contributed by atoms with Crippen LogP contribution in [-0.2, 0) is 4.79 Å². The van der Waals surface area contributed by atoms with Gasteiger partial charge < -0.3 is 15.4 Å². The molecule has 4 heteroatoms. The Kier molecular flexibility index (Phi) is 4.80. The minimum Gasteiger partial charge on any atom is -0.497 e. The lowest BCUT2D eigenvalue weighted by Crippen LogP contribution is -2.36. The average Bonchev–Trinajstić information content (AvgIpc) is 3.23. The monoisotopic (exact) mass is 262 g/mol. The summed E-state index contributed by atoms with van der Waals surface area (Å²) in [5.74, 6) is 1.67. The Morgan fingerprint density at radius 2 is 2.05 bits per heavy atom. The lowest BCUT2D eigenvalue weighted by atomic mass is 10.1. The van der Waals surface area contributed by atoms with E-state index in [1.165, 1.54) is 12.8 Å². The van der Waals surface area contributed by atoms with Crippen molar-refractivity contribution >= 4 is 5.91 Å². The zero-order chi connectivity index (χ0) is 13.7. The topological polar surface area (TPSA) is 50.4 Å². The van der Waals surface area contributed by atoms with Gasteiger partial charge in [-0.2, -0.15) is 0 Å². The van der Waals surface area contributed by atoms with Gasteiger partial charge in [0.05, 0.1) is 19.7 Å². The van der Waals surface area contributed by atoms with Gasteiger partial charge in [-0.1, -0.05) is 12.1 Å². The highest BCUT2D eigenvalue weighted by Crippen LogP contribution is 2.27. The van der Waals surface area contributed by atoms with E-state index in [-0.39, 0.29) is 11.9 Å². The van der Waals surface area contributed by atoms with Gasteiger partial charge in [0.25, 0.3) is 0 Å². The van der Waals surface area contributed by atoms with E-state index in [9.17, 15) is 4.79 Å². The van der Waals surface area contributed by atoms with Crippen molar-refractivity contribution in [1.29, 1.82) is 0 Å². The van der Waals surface area contributed by atoms with E-state index in [1.54, 1.807) is 7.11 Å². The van der Waals surface area contributed by atoms with E-state index in [4.69, 9.17) is 4.74 Å². The van der Waals surface area contributed by atoms with Crippen LogP contribution in [-0.4, -0.2) is 26.1 Å². The molecule has 2 rings (SSSR count). The number of hydrogen-bond donors (Lipinski definition) is 2. The maximum absolute atomic E-state index is 11.8. The summed E-state index contributed by atoms with van der Waals surface area (Å²) in [6, 6.07) is 7.77. The van der Waals surface area contributed by atoms with Crippen LogP contribution in [0.15, 0.2) is 24.3 Å². The van der Waals surface area contributed by atoms with E-state index >= 15 is 0 Å². The van der Waals surface area contributed by atoms with Crippen LogP contribution in [0.25, 0.3) is 0 Å². The molecule has 1 saturated carbocycles. The molecule has 0 heterocycles. The Hall–Kier alpha value is -1.55. The van der Waals surface area contributed by atoms with Crippen LogP contribution in [0, 0.1) is 5.92 Å². The van der Waals surface area contributed by atoms with Crippen molar-refractivity contribution in [3.8, 4) is 5.75 Å². The number of rotatable bonds is 7. The van der Waals surface area contributed by atoms with Gasteiger partial charge in [0.15, 0.2) is 0 Å². The molecule has 1 aliphatic carbocycles. The van der Waals surface area contributed by atoms with Crippen molar-refractivity contribution in [3.63, 3.8) is 0 Å². The molecule has 104 valence electrons.